The van der Waals surface area contributed by atoms with E-state index in [-0.39, 0.29) is 18.3 Å². The molecule has 1 saturated heterocycles. The molecule has 0 bridgehead atoms. The Morgan fingerprint density at radius 3 is 2.38 bits per heavy atom. The van der Waals surface area contributed by atoms with Crippen LogP contribution in [0.1, 0.15) is 46.9 Å². The third-order valence-electron chi connectivity index (χ3n) is 4.76. The zero-order valence-electron chi connectivity index (χ0n) is 16.2. The number of ketones is 1. The van der Waals surface area contributed by atoms with Crippen molar-refractivity contribution in [2.75, 3.05) is 25.0 Å². The number of likely N-dealkylation sites (tertiary alicyclic amines) is 1. The van der Waals surface area contributed by atoms with E-state index in [0.29, 0.717) is 40.7 Å². The van der Waals surface area contributed by atoms with Gasteiger partial charge >= 0.3 is 0 Å². The lowest BCUT2D eigenvalue weighted by atomic mass is 10.1. The molecular formula is C22H23ClN2O4. The number of ether oxygens (including phenoxy) is 1. The molecule has 152 valence electrons. The van der Waals surface area contributed by atoms with E-state index >= 15 is 0 Å². The van der Waals surface area contributed by atoms with Crippen LogP contribution in [0.25, 0.3) is 0 Å². The summed E-state index contributed by atoms with van der Waals surface area (Å²) in [5.74, 6) is -0.0879. The van der Waals surface area contributed by atoms with Crippen molar-refractivity contribution in [2.24, 2.45) is 0 Å². The predicted octanol–water partition coefficient (Wildman–Crippen LogP) is 4.19. The molecule has 0 aromatic heterocycles. The van der Waals surface area contributed by atoms with Crippen molar-refractivity contribution in [3.63, 3.8) is 0 Å². The molecule has 7 heteroatoms. The van der Waals surface area contributed by atoms with Gasteiger partial charge in [0.15, 0.2) is 12.4 Å². The molecule has 29 heavy (non-hydrogen) atoms. The Labute approximate surface area is 174 Å². The summed E-state index contributed by atoms with van der Waals surface area (Å²) in [4.78, 5) is 38.3. The van der Waals surface area contributed by atoms with Gasteiger partial charge in [-0.25, -0.2) is 0 Å². The van der Waals surface area contributed by atoms with E-state index in [1.165, 1.54) is 6.92 Å². The van der Waals surface area contributed by atoms with Gasteiger partial charge in [-0.2, -0.15) is 0 Å². The van der Waals surface area contributed by atoms with Crippen molar-refractivity contribution >= 4 is 34.9 Å². The first-order valence-corrected chi connectivity index (χ1v) is 9.94. The van der Waals surface area contributed by atoms with Gasteiger partial charge in [0.1, 0.15) is 5.75 Å². The van der Waals surface area contributed by atoms with Crippen molar-refractivity contribution in [3.8, 4) is 5.75 Å². The topological polar surface area (TPSA) is 75.7 Å². The monoisotopic (exact) mass is 414 g/mol. The number of nitrogens with zero attached hydrogens (tertiary/aromatic N) is 1. The normalized spacial score (nSPS) is 13.7. The molecule has 6 nitrogen and oxygen atoms in total. The minimum atomic E-state index is -0.407. The second-order valence-electron chi connectivity index (χ2n) is 6.96. The second kappa shape index (κ2) is 9.56. The number of benzene rings is 2. The largest absolute Gasteiger partial charge is 0.484 e. The first-order valence-electron chi connectivity index (χ1n) is 9.56. The van der Waals surface area contributed by atoms with Crippen molar-refractivity contribution in [1.82, 2.24) is 4.90 Å². The molecule has 0 saturated carbocycles. The van der Waals surface area contributed by atoms with Gasteiger partial charge in [0, 0.05) is 23.7 Å². The fourth-order valence-corrected chi connectivity index (χ4v) is 3.37. The van der Waals surface area contributed by atoms with Gasteiger partial charge in [-0.1, -0.05) is 11.6 Å². The van der Waals surface area contributed by atoms with Crippen LogP contribution in [0.15, 0.2) is 42.5 Å². The number of carbonyl (C=O) groups excluding carboxylic acids is 3. The lowest BCUT2D eigenvalue weighted by Gasteiger charge is -2.27. The fourth-order valence-electron chi connectivity index (χ4n) is 3.19. The maximum Gasteiger partial charge on any atom is 0.262 e. The van der Waals surface area contributed by atoms with Gasteiger partial charge in [0.2, 0.25) is 0 Å². The first kappa shape index (κ1) is 20.9. The number of piperidine rings is 1. The number of amides is 2. The summed E-state index contributed by atoms with van der Waals surface area (Å²) in [6, 6.07) is 11.4. The number of nitrogens with one attached hydrogen (secondary N) is 1. The molecule has 1 N–H and O–H groups in total. The van der Waals surface area contributed by atoms with Crippen LogP contribution in [-0.2, 0) is 4.79 Å². The quantitative estimate of drug-likeness (QED) is 0.719. The van der Waals surface area contributed by atoms with E-state index in [4.69, 9.17) is 16.3 Å². The highest BCUT2D eigenvalue weighted by Crippen LogP contribution is 2.24. The van der Waals surface area contributed by atoms with Crippen LogP contribution in [0, 0.1) is 0 Å². The molecule has 1 fully saturated rings. The fraction of sp³-hybridized carbons (Fsp3) is 0.318. The van der Waals surface area contributed by atoms with E-state index in [9.17, 15) is 14.4 Å². The van der Waals surface area contributed by atoms with Crippen molar-refractivity contribution in [3.05, 3.63) is 58.6 Å². The van der Waals surface area contributed by atoms with Crippen LogP contribution >= 0.6 is 11.6 Å². The van der Waals surface area contributed by atoms with Crippen LogP contribution in [0.2, 0.25) is 5.02 Å². The summed E-state index contributed by atoms with van der Waals surface area (Å²) in [7, 11) is 0. The van der Waals surface area contributed by atoms with Crippen LogP contribution in [0.5, 0.6) is 5.75 Å². The molecule has 0 spiro atoms. The molecule has 0 aliphatic carbocycles. The van der Waals surface area contributed by atoms with E-state index in [1.807, 2.05) is 0 Å². The molecule has 0 radical (unpaired) electrons. The Morgan fingerprint density at radius 1 is 1.03 bits per heavy atom. The number of hydrogen-bond acceptors (Lipinski definition) is 4. The molecular weight excluding hydrogens is 392 g/mol. The lowest BCUT2D eigenvalue weighted by Crippen LogP contribution is -2.36. The third-order valence-corrected chi connectivity index (χ3v) is 5.00. The highest BCUT2D eigenvalue weighted by molar-refractivity contribution is 6.31. The number of anilines is 1. The molecule has 2 amide bonds. The summed E-state index contributed by atoms with van der Waals surface area (Å²) in [5, 5.41) is 3.15. The number of halogens is 1. The lowest BCUT2D eigenvalue weighted by molar-refractivity contribution is -0.118. The van der Waals surface area contributed by atoms with Crippen LogP contribution in [-0.4, -0.2) is 42.2 Å². The van der Waals surface area contributed by atoms with Crippen molar-refractivity contribution in [2.45, 2.75) is 26.2 Å². The number of carbonyl (C=O) groups is 3. The summed E-state index contributed by atoms with van der Waals surface area (Å²) in [6.07, 6.45) is 3.09. The summed E-state index contributed by atoms with van der Waals surface area (Å²) in [6.45, 7) is 2.68. The van der Waals surface area contributed by atoms with Gasteiger partial charge in [-0.05, 0) is 68.7 Å². The molecule has 2 aromatic rings. The molecule has 2 aromatic carbocycles. The predicted molar refractivity (Wildman–Crippen MR) is 112 cm³/mol. The SMILES string of the molecule is CC(=O)c1ccc(OCC(=O)Nc2cc(Cl)ccc2C(=O)N2CCCCC2)cc1. The van der Waals surface area contributed by atoms with E-state index in [1.54, 1.807) is 47.4 Å². The molecule has 3 rings (SSSR count). The second-order valence-corrected chi connectivity index (χ2v) is 7.40. The van der Waals surface area contributed by atoms with Crippen LogP contribution in [0.4, 0.5) is 5.69 Å². The Kier molecular flexibility index (Phi) is 6.88. The molecule has 1 aliphatic heterocycles. The minimum absolute atomic E-state index is 0.0406. The zero-order chi connectivity index (χ0) is 20.8. The van der Waals surface area contributed by atoms with E-state index in [0.717, 1.165) is 19.3 Å². The summed E-state index contributed by atoms with van der Waals surface area (Å²) >= 11 is 6.07. The first-order chi connectivity index (χ1) is 13.9. The van der Waals surface area contributed by atoms with Gasteiger partial charge in [-0.3, -0.25) is 14.4 Å². The summed E-state index contributed by atoms with van der Waals surface area (Å²) in [5.41, 5.74) is 1.35. The van der Waals surface area contributed by atoms with E-state index in [2.05, 4.69) is 5.32 Å². The van der Waals surface area contributed by atoms with Crippen molar-refractivity contribution < 1.29 is 19.1 Å². The van der Waals surface area contributed by atoms with Crippen molar-refractivity contribution in [1.29, 1.82) is 0 Å². The number of rotatable bonds is 6. The van der Waals surface area contributed by atoms with E-state index < -0.39 is 5.91 Å². The Balaban J connectivity index is 1.65. The smallest absolute Gasteiger partial charge is 0.262 e. The molecule has 0 unspecified atom stereocenters. The highest BCUT2D eigenvalue weighted by atomic mass is 35.5. The van der Waals surface area contributed by atoms with Gasteiger partial charge in [0.25, 0.3) is 11.8 Å². The van der Waals surface area contributed by atoms with Gasteiger partial charge < -0.3 is 15.0 Å². The molecule has 0 atom stereocenters. The maximum atomic E-state index is 12.9. The number of hydrogen-bond donors (Lipinski definition) is 1. The standard InChI is InChI=1S/C22H23ClN2O4/c1-15(26)16-5-8-18(9-6-16)29-14-21(27)24-20-13-17(23)7-10-19(20)22(28)25-11-3-2-4-12-25/h5-10,13H,2-4,11-12,14H2,1H3,(H,24,27). The zero-order valence-corrected chi connectivity index (χ0v) is 17.0. The van der Waals surface area contributed by atoms with Crippen LogP contribution in [0.3, 0.4) is 0 Å². The Hall–Kier alpha value is -2.86. The molecule has 1 aliphatic rings. The summed E-state index contributed by atoms with van der Waals surface area (Å²) < 4.78 is 5.47. The molecule has 1 heterocycles. The maximum absolute atomic E-state index is 12.9. The third kappa shape index (κ3) is 5.57. The average molecular weight is 415 g/mol. The highest BCUT2D eigenvalue weighted by Gasteiger charge is 2.22. The van der Waals surface area contributed by atoms with Gasteiger partial charge in [-0.15, -0.1) is 0 Å². The Bertz CT molecular complexity index is 906. The van der Waals surface area contributed by atoms with Gasteiger partial charge in [0.05, 0.1) is 11.3 Å². The number of Topliss-reactive ketones (excluding diaryl/α,β-unsaturated/α-hetero) is 1. The average Bonchev–Trinajstić information content (AvgIpc) is 2.73. The van der Waals surface area contributed by atoms with Crippen LogP contribution < -0.4 is 10.1 Å². The Morgan fingerprint density at radius 2 is 1.72 bits per heavy atom. The minimum Gasteiger partial charge on any atom is -0.484 e.